The molecule has 276 valence electrons. The number of hydrogen-bond donors (Lipinski definition) is 3. The number of phenols is 3. The van der Waals surface area contributed by atoms with E-state index < -0.39 is 0 Å². The topological polar surface area (TPSA) is 140 Å². The molecule has 51 heavy (non-hydrogen) atoms. The highest BCUT2D eigenvalue weighted by Gasteiger charge is 2.19. The van der Waals surface area contributed by atoms with Gasteiger partial charge in [0.25, 0.3) is 0 Å². The van der Waals surface area contributed by atoms with Crippen molar-refractivity contribution in [1.82, 2.24) is 0 Å². The second-order valence-electron chi connectivity index (χ2n) is 12.0. The summed E-state index contributed by atoms with van der Waals surface area (Å²) in [4.78, 5) is 34.5. The normalized spacial score (nSPS) is 11.9. The van der Waals surface area contributed by atoms with E-state index in [9.17, 15) is 29.7 Å². The molecule has 0 aliphatic heterocycles. The Bertz CT molecular complexity index is 1370. The lowest BCUT2D eigenvalue weighted by molar-refractivity contribution is -0.144. The summed E-state index contributed by atoms with van der Waals surface area (Å²) in [6, 6.07) is 20.4. The van der Waals surface area contributed by atoms with Crippen LogP contribution in [0.1, 0.15) is 95.2 Å². The van der Waals surface area contributed by atoms with Gasteiger partial charge in [-0.15, -0.1) is 0 Å². The van der Waals surface area contributed by atoms with E-state index in [4.69, 9.17) is 14.2 Å². The smallest absolute Gasteiger partial charge is 0.306 e. The maximum absolute atomic E-state index is 11.5. The van der Waals surface area contributed by atoms with Crippen LogP contribution in [-0.4, -0.2) is 53.0 Å². The molecule has 0 aromatic heterocycles. The third kappa shape index (κ3) is 16.8. The van der Waals surface area contributed by atoms with Crippen LogP contribution in [0, 0.1) is 0 Å². The summed E-state index contributed by atoms with van der Waals surface area (Å²) in [5, 5.41) is 27.7. The van der Waals surface area contributed by atoms with Crippen LogP contribution in [0.25, 0.3) is 0 Å². The van der Waals surface area contributed by atoms with Crippen LogP contribution in [0.3, 0.4) is 0 Å². The zero-order valence-corrected chi connectivity index (χ0v) is 30.8. The molecule has 3 N–H and O–H groups in total. The van der Waals surface area contributed by atoms with Crippen molar-refractivity contribution in [3.05, 3.63) is 126 Å². The Labute approximate surface area is 302 Å². The zero-order chi connectivity index (χ0) is 38.5. The molecule has 3 aromatic carbocycles. The van der Waals surface area contributed by atoms with Crippen molar-refractivity contribution in [2.45, 2.75) is 78.6 Å². The molecule has 9 nitrogen and oxygen atoms in total. The van der Waals surface area contributed by atoms with Crippen LogP contribution >= 0.6 is 0 Å². The Morgan fingerprint density at radius 3 is 0.824 bits per heavy atom. The van der Waals surface area contributed by atoms with E-state index >= 15 is 0 Å². The first-order chi connectivity index (χ1) is 24.1. The van der Waals surface area contributed by atoms with E-state index in [1.165, 1.54) is 0 Å². The molecule has 3 atom stereocenters. The van der Waals surface area contributed by atoms with Crippen molar-refractivity contribution in [2.75, 3.05) is 19.8 Å². The molecule has 3 aromatic rings. The number of esters is 3. The fourth-order valence-corrected chi connectivity index (χ4v) is 5.01. The number of carbonyl (C=O) groups excluding carboxylic acids is 3. The molecule has 0 aliphatic carbocycles. The van der Waals surface area contributed by atoms with Crippen molar-refractivity contribution in [3.63, 3.8) is 0 Å². The number of benzene rings is 3. The zero-order valence-electron chi connectivity index (χ0n) is 30.8. The fourth-order valence-electron chi connectivity index (χ4n) is 5.01. The number of phenolic OH excluding ortho intramolecular Hbond substituents is 3. The first kappa shape index (κ1) is 43.7. The van der Waals surface area contributed by atoms with E-state index in [0.717, 1.165) is 33.4 Å². The molecule has 0 radical (unpaired) electrons. The molecular weight excluding hydrogens is 648 g/mol. The number of aromatic hydroxyl groups is 3. The Balaban J connectivity index is 0.000000382. The molecule has 9 heteroatoms. The van der Waals surface area contributed by atoms with Gasteiger partial charge in [-0.1, -0.05) is 72.9 Å². The van der Waals surface area contributed by atoms with Crippen molar-refractivity contribution in [3.8, 4) is 17.2 Å². The van der Waals surface area contributed by atoms with E-state index in [1.54, 1.807) is 93.6 Å². The lowest BCUT2D eigenvalue weighted by Gasteiger charge is -2.16. The molecule has 0 amide bonds. The van der Waals surface area contributed by atoms with Crippen LogP contribution < -0.4 is 0 Å². The summed E-state index contributed by atoms with van der Waals surface area (Å²) in [6.07, 6.45) is 0.857. The van der Waals surface area contributed by atoms with E-state index in [0.29, 0.717) is 19.8 Å². The Hall–Kier alpha value is -5.31. The third-order valence-corrected chi connectivity index (χ3v) is 7.70. The van der Waals surface area contributed by atoms with Crippen molar-refractivity contribution < 1.29 is 43.9 Å². The lowest BCUT2D eigenvalue weighted by atomic mass is 9.90. The predicted octanol–water partition coefficient (Wildman–Crippen LogP) is 9.02. The predicted molar refractivity (Wildman–Crippen MR) is 201 cm³/mol. The number of hydrogen-bond acceptors (Lipinski definition) is 9. The van der Waals surface area contributed by atoms with Gasteiger partial charge in [0, 0.05) is 17.8 Å². The average Bonchev–Trinajstić information content (AvgIpc) is 3.07. The van der Waals surface area contributed by atoms with E-state index in [2.05, 4.69) is 19.7 Å². The molecule has 0 aliphatic rings. The molecule has 3 rings (SSSR count). The summed E-state index contributed by atoms with van der Waals surface area (Å²) in [5.74, 6) is -0.226. The molecule has 0 saturated carbocycles. The van der Waals surface area contributed by atoms with Gasteiger partial charge in [-0.05, 0) is 94.6 Å². The second-order valence-corrected chi connectivity index (χ2v) is 12.0. The molecule has 0 spiro atoms. The van der Waals surface area contributed by atoms with Crippen molar-refractivity contribution in [1.29, 1.82) is 0 Å². The highest BCUT2D eigenvalue weighted by Crippen LogP contribution is 2.30. The minimum Gasteiger partial charge on any atom is -0.508 e. The Morgan fingerprint density at radius 1 is 0.471 bits per heavy atom. The van der Waals surface area contributed by atoms with Gasteiger partial charge < -0.3 is 29.5 Å². The number of ether oxygens (including phenoxy) is 3. The quantitative estimate of drug-likeness (QED) is 0.0804. The minimum absolute atomic E-state index is 0.0605. The SMILES string of the molecule is C=C(C)C(CC(=O)OCC)c1ccc(O)cc1.C=C(C)[C@@H](CC(=O)OCC)c1ccc(O)cc1.C=C(C)[C@H](CC(=O)OCC)c1ccc(O)cc1. The Kier molecular flexibility index (Phi) is 19.9. The molecule has 0 bridgehead atoms. The van der Waals surface area contributed by atoms with Crippen LogP contribution in [0.15, 0.2) is 109 Å². The summed E-state index contributed by atoms with van der Waals surface area (Å²) < 4.78 is 14.8. The first-order valence-corrected chi connectivity index (χ1v) is 16.9. The molecule has 0 heterocycles. The first-order valence-electron chi connectivity index (χ1n) is 16.9. The van der Waals surface area contributed by atoms with Gasteiger partial charge in [0.05, 0.1) is 39.1 Å². The van der Waals surface area contributed by atoms with Crippen molar-refractivity contribution >= 4 is 17.9 Å². The summed E-state index contributed by atoms with van der Waals surface area (Å²) in [6.45, 7) is 23.9. The van der Waals surface area contributed by atoms with Gasteiger partial charge in [0.1, 0.15) is 17.2 Å². The van der Waals surface area contributed by atoms with Crippen LogP contribution in [0.2, 0.25) is 0 Å². The maximum atomic E-state index is 11.5. The van der Waals surface area contributed by atoms with Gasteiger partial charge >= 0.3 is 17.9 Å². The van der Waals surface area contributed by atoms with Gasteiger partial charge in [0.2, 0.25) is 0 Å². The number of rotatable bonds is 15. The monoisotopic (exact) mass is 702 g/mol. The summed E-state index contributed by atoms with van der Waals surface area (Å²) in [7, 11) is 0. The molecule has 1 unspecified atom stereocenters. The third-order valence-electron chi connectivity index (χ3n) is 7.70. The Morgan fingerprint density at radius 2 is 0.667 bits per heavy atom. The van der Waals surface area contributed by atoms with Crippen molar-refractivity contribution in [2.24, 2.45) is 0 Å². The van der Waals surface area contributed by atoms with Crippen LogP contribution in [0.4, 0.5) is 0 Å². The van der Waals surface area contributed by atoms with Gasteiger partial charge in [0.15, 0.2) is 0 Å². The standard InChI is InChI=1S/3C14H18O3/c3*1-4-17-14(16)9-13(10(2)3)11-5-7-12(15)8-6-11/h3*5-8,13,15H,2,4,9H2,1,3H3/t2*13-;/m10./s1. The van der Waals surface area contributed by atoms with E-state index in [-0.39, 0.29) is 72.2 Å². The maximum Gasteiger partial charge on any atom is 0.306 e. The highest BCUT2D eigenvalue weighted by atomic mass is 16.5. The number of carbonyl (C=O) groups is 3. The number of allylic oxidation sites excluding steroid dienone is 3. The minimum atomic E-state index is -0.228. The fraction of sp³-hybridized carbons (Fsp3) is 0.357. The molecular formula is C42H54O9. The van der Waals surface area contributed by atoms with Gasteiger partial charge in [-0.25, -0.2) is 0 Å². The average molecular weight is 703 g/mol. The van der Waals surface area contributed by atoms with Gasteiger partial charge in [-0.3, -0.25) is 14.4 Å². The lowest BCUT2D eigenvalue weighted by Crippen LogP contribution is -2.11. The second kappa shape index (κ2) is 23.2. The molecule has 0 fully saturated rings. The van der Waals surface area contributed by atoms with Crippen LogP contribution in [-0.2, 0) is 28.6 Å². The summed E-state index contributed by atoms with van der Waals surface area (Å²) in [5.41, 5.74) is 5.60. The van der Waals surface area contributed by atoms with E-state index in [1.807, 2.05) is 20.8 Å². The highest BCUT2D eigenvalue weighted by molar-refractivity contribution is 5.72. The largest absolute Gasteiger partial charge is 0.508 e. The van der Waals surface area contributed by atoms with Gasteiger partial charge in [-0.2, -0.15) is 0 Å². The van der Waals surface area contributed by atoms with Crippen LogP contribution in [0.5, 0.6) is 17.2 Å². The summed E-state index contributed by atoms with van der Waals surface area (Å²) >= 11 is 0. The molecule has 0 saturated heterocycles.